The molecule has 0 saturated carbocycles. The van der Waals surface area contributed by atoms with Gasteiger partial charge >= 0.3 is 12.2 Å². The molecule has 1 aliphatic heterocycles. The number of hydrogen-bond donors (Lipinski definition) is 1. The van der Waals surface area contributed by atoms with Crippen molar-refractivity contribution in [2.75, 3.05) is 11.4 Å². The molecular weight excluding hydrogens is 251 g/mol. The zero-order valence-electron chi connectivity index (χ0n) is 8.99. The summed E-state index contributed by atoms with van der Waals surface area (Å²) < 4.78 is 36.9. The zero-order chi connectivity index (χ0) is 13.3. The minimum Gasteiger partial charge on any atom is -0.292 e. The molecule has 1 aromatic heterocycles. The summed E-state index contributed by atoms with van der Waals surface area (Å²) in [5, 5.41) is 2.07. The number of nitrogens with one attached hydrogen (secondary N) is 1. The third-order valence-corrected chi connectivity index (χ3v) is 2.40. The first kappa shape index (κ1) is 12.3. The molecular formula is C10H8F3N3O2. The first-order valence-corrected chi connectivity index (χ1v) is 5.02. The van der Waals surface area contributed by atoms with Crippen molar-refractivity contribution >= 4 is 17.6 Å². The monoisotopic (exact) mass is 259 g/mol. The Bertz CT molecular complexity index is 484. The number of alkyl halides is 3. The van der Waals surface area contributed by atoms with Crippen molar-refractivity contribution in [1.29, 1.82) is 0 Å². The third-order valence-electron chi connectivity index (χ3n) is 2.40. The highest BCUT2D eigenvalue weighted by atomic mass is 19.4. The van der Waals surface area contributed by atoms with Crippen LogP contribution < -0.4 is 10.2 Å². The van der Waals surface area contributed by atoms with Gasteiger partial charge < -0.3 is 0 Å². The van der Waals surface area contributed by atoms with Crippen LogP contribution in [0.25, 0.3) is 0 Å². The zero-order valence-corrected chi connectivity index (χ0v) is 8.99. The summed E-state index contributed by atoms with van der Waals surface area (Å²) in [7, 11) is 0. The van der Waals surface area contributed by atoms with Gasteiger partial charge in [-0.1, -0.05) is 0 Å². The highest BCUT2D eigenvalue weighted by Crippen LogP contribution is 2.28. The van der Waals surface area contributed by atoms with Gasteiger partial charge in [-0.15, -0.1) is 0 Å². The van der Waals surface area contributed by atoms with Crippen molar-refractivity contribution in [3.8, 4) is 0 Å². The predicted octanol–water partition coefficient (Wildman–Crippen LogP) is 1.55. The van der Waals surface area contributed by atoms with E-state index in [1.54, 1.807) is 0 Å². The lowest BCUT2D eigenvalue weighted by Crippen LogP contribution is -2.49. The summed E-state index contributed by atoms with van der Waals surface area (Å²) in [5.41, 5.74) is -0.812. The first-order valence-electron chi connectivity index (χ1n) is 5.02. The Morgan fingerprint density at radius 1 is 1.28 bits per heavy atom. The van der Waals surface area contributed by atoms with Crippen molar-refractivity contribution in [3.63, 3.8) is 0 Å². The van der Waals surface area contributed by atoms with Gasteiger partial charge in [0.2, 0.25) is 5.91 Å². The fraction of sp³-hybridized carbons (Fsp3) is 0.300. The largest absolute Gasteiger partial charge is 0.433 e. The van der Waals surface area contributed by atoms with E-state index in [0.717, 1.165) is 23.2 Å². The van der Waals surface area contributed by atoms with E-state index in [9.17, 15) is 22.8 Å². The molecule has 0 bridgehead atoms. The summed E-state index contributed by atoms with van der Waals surface area (Å²) >= 11 is 0. The molecule has 3 amide bonds. The fourth-order valence-electron chi connectivity index (χ4n) is 1.52. The van der Waals surface area contributed by atoms with Crippen LogP contribution in [0.4, 0.5) is 23.7 Å². The van der Waals surface area contributed by atoms with Gasteiger partial charge in [0.15, 0.2) is 0 Å². The Hall–Kier alpha value is -2.12. The Balaban J connectivity index is 2.20. The predicted molar refractivity (Wildman–Crippen MR) is 54.7 cm³/mol. The first-order chi connectivity index (χ1) is 8.38. The van der Waals surface area contributed by atoms with Crippen molar-refractivity contribution in [2.24, 2.45) is 0 Å². The van der Waals surface area contributed by atoms with Crippen LogP contribution in [0.3, 0.4) is 0 Å². The molecule has 96 valence electrons. The highest BCUT2D eigenvalue weighted by molar-refractivity contribution is 6.05. The van der Waals surface area contributed by atoms with Crippen LogP contribution in [-0.4, -0.2) is 23.5 Å². The average Bonchev–Trinajstić information content (AvgIpc) is 2.28. The van der Waals surface area contributed by atoms with Crippen molar-refractivity contribution in [1.82, 2.24) is 10.3 Å². The highest BCUT2D eigenvalue weighted by Gasteiger charge is 2.32. The number of halogens is 3. The quantitative estimate of drug-likeness (QED) is 0.832. The van der Waals surface area contributed by atoms with E-state index in [0.29, 0.717) is 0 Å². The van der Waals surface area contributed by atoms with E-state index in [2.05, 4.69) is 10.3 Å². The number of pyridine rings is 1. The number of urea groups is 1. The number of rotatable bonds is 1. The van der Waals surface area contributed by atoms with Gasteiger partial charge in [-0.25, -0.2) is 9.78 Å². The second-order valence-corrected chi connectivity index (χ2v) is 3.65. The van der Waals surface area contributed by atoms with E-state index in [1.165, 1.54) is 0 Å². The summed E-state index contributed by atoms with van der Waals surface area (Å²) in [6, 6.07) is 1.28. The topological polar surface area (TPSA) is 62.3 Å². The molecule has 0 radical (unpaired) electrons. The van der Waals surface area contributed by atoms with Gasteiger partial charge in [0.1, 0.15) is 5.69 Å². The molecule has 1 aliphatic rings. The molecule has 2 rings (SSSR count). The van der Waals surface area contributed by atoms with Crippen molar-refractivity contribution < 1.29 is 22.8 Å². The van der Waals surface area contributed by atoms with E-state index in [-0.39, 0.29) is 18.7 Å². The van der Waals surface area contributed by atoms with Gasteiger partial charge in [-0.2, -0.15) is 13.2 Å². The summed E-state index contributed by atoms with van der Waals surface area (Å²) in [5.74, 6) is -0.406. The van der Waals surface area contributed by atoms with Crippen molar-refractivity contribution in [2.45, 2.75) is 12.6 Å². The smallest absolute Gasteiger partial charge is 0.292 e. The van der Waals surface area contributed by atoms with E-state index < -0.39 is 23.8 Å². The van der Waals surface area contributed by atoms with Crippen LogP contribution in [0, 0.1) is 0 Å². The van der Waals surface area contributed by atoms with Crippen LogP contribution in [0.5, 0.6) is 0 Å². The third kappa shape index (κ3) is 2.41. The fourth-order valence-corrected chi connectivity index (χ4v) is 1.52. The molecule has 1 N–H and O–H groups in total. The molecule has 1 aromatic rings. The molecule has 1 saturated heterocycles. The molecule has 0 aliphatic carbocycles. The summed E-state index contributed by atoms with van der Waals surface area (Å²) in [6.07, 6.45) is -3.45. The number of nitrogens with zero attached hydrogens (tertiary/aromatic N) is 2. The molecule has 0 spiro atoms. The molecule has 0 atom stereocenters. The maximum Gasteiger partial charge on any atom is 0.433 e. The molecule has 0 aromatic carbocycles. The number of aromatic nitrogens is 1. The standard InChI is InChI=1S/C10H8F3N3O2/c11-10(12,13)7-2-1-6(5-14-7)16-4-3-8(17)15-9(16)18/h1-2,5H,3-4H2,(H,15,17,18). The number of carbonyl (C=O) groups is 2. The lowest BCUT2D eigenvalue weighted by molar-refractivity contribution is -0.141. The number of anilines is 1. The Morgan fingerprint density at radius 2 is 2.00 bits per heavy atom. The normalized spacial score (nSPS) is 16.7. The van der Waals surface area contributed by atoms with Crippen LogP contribution >= 0.6 is 0 Å². The summed E-state index contributed by atoms with van der Waals surface area (Å²) in [6.45, 7) is 0.123. The second kappa shape index (κ2) is 4.28. The Labute approximate surface area is 99.6 Å². The number of amides is 3. The van der Waals surface area contributed by atoms with Crippen LogP contribution in [0.15, 0.2) is 18.3 Å². The Kier molecular flexibility index (Phi) is 2.93. The lowest BCUT2D eigenvalue weighted by atomic mass is 10.2. The lowest BCUT2D eigenvalue weighted by Gasteiger charge is -2.26. The minimum absolute atomic E-state index is 0.104. The van der Waals surface area contributed by atoms with Crippen LogP contribution in [0.2, 0.25) is 0 Å². The maximum absolute atomic E-state index is 12.3. The minimum atomic E-state index is -4.52. The molecule has 18 heavy (non-hydrogen) atoms. The molecule has 2 heterocycles. The van der Waals surface area contributed by atoms with Gasteiger partial charge in [0.05, 0.1) is 11.9 Å². The molecule has 5 nitrogen and oxygen atoms in total. The molecule has 1 fully saturated rings. The van der Waals surface area contributed by atoms with Crippen LogP contribution in [0.1, 0.15) is 12.1 Å². The van der Waals surface area contributed by atoms with Gasteiger partial charge in [-0.3, -0.25) is 15.0 Å². The van der Waals surface area contributed by atoms with E-state index in [1.807, 2.05) is 0 Å². The Morgan fingerprint density at radius 3 is 2.50 bits per heavy atom. The second-order valence-electron chi connectivity index (χ2n) is 3.65. The van der Waals surface area contributed by atoms with Crippen molar-refractivity contribution in [3.05, 3.63) is 24.0 Å². The van der Waals surface area contributed by atoms with Gasteiger partial charge in [0.25, 0.3) is 0 Å². The van der Waals surface area contributed by atoms with E-state index in [4.69, 9.17) is 0 Å². The van der Waals surface area contributed by atoms with Gasteiger partial charge in [-0.05, 0) is 12.1 Å². The average molecular weight is 259 g/mol. The number of imide groups is 1. The maximum atomic E-state index is 12.3. The van der Waals surface area contributed by atoms with Crippen LogP contribution in [-0.2, 0) is 11.0 Å². The number of carbonyl (C=O) groups excluding carboxylic acids is 2. The summed E-state index contributed by atoms with van der Waals surface area (Å²) in [4.78, 5) is 26.8. The van der Waals surface area contributed by atoms with E-state index >= 15 is 0 Å². The molecule has 0 unspecified atom stereocenters. The molecule has 8 heteroatoms. The van der Waals surface area contributed by atoms with Gasteiger partial charge in [0, 0.05) is 13.0 Å². The SMILES string of the molecule is O=C1CCN(c2ccc(C(F)(F)F)nc2)C(=O)N1. The number of hydrogen-bond acceptors (Lipinski definition) is 3.